The average Bonchev–Trinajstić information content (AvgIpc) is 3.15. The molecule has 0 spiro atoms. The van der Waals surface area contributed by atoms with E-state index in [1.165, 1.54) is 0 Å². The lowest BCUT2D eigenvalue weighted by molar-refractivity contribution is 0.0861. The Morgan fingerprint density at radius 3 is 2.81 bits per heavy atom. The first-order valence-corrected chi connectivity index (χ1v) is 10.2. The number of nitrogens with zero attached hydrogens (tertiary/aromatic N) is 2. The van der Waals surface area contributed by atoms with E-state index >= 15 is 0 Å². The lowest BCUT2D eigenvalue weighted by Crippen LogP contribution is -2.32. The van der Waals surface area contributed by atoms with Crippen LogP contribution in [-0.2, 0) is 13.1 Å². The summed E-state index contributed by atoms with van der Waals surface area (Å²) in [5, 5.41) is 0. The summed E-state index contributed by atoms with van der Waals surface area (Å²) in [5.74, 6) is 2.63. The largest absolute Gasteiger partial charge is 0.497 e. The first-order chi connectivity index (χ1) is 15.7. The Hall–Kier alpha value is -3.84. The molecule has 2 aromatic carbocycles. The van der Waals surface area contributed by atoms with Gasteiger partial charge in [-0.1, -0.05) is 6.07 Å². The van der Waals surface area contributed by atoms with Crippen LogP contribution in [0.15, 0.2) is 60.5 Å². The van der Waals surface area contributed by atoms with Gasteiger partial charge in [0.1, 0.15) is 29.7 Å². The molecule has 0 unspecified atom stereocenters. The molecular weight excluding hydrogens is 408 g/mol. The van der Waals surface area contributed by atoms with Crippen LogP contribution in [0, 0.1) is 0 Å². The minimum Gasteiger partial charge on any atom is -0.497 e. The third kappa shape index (κ3) is 3.67. The fourth-order valence-corrected chi connectivity index (χ4v) is 3.92. The standard InChI is InChI=1S/C25H22N2O5/c1-29-18-6-8-21(30-2)16(11-18)12-23-24(28)19-7-9-22-20(25(19)32-23)14-27(15-31-22)13-17-5-3-4-10-26-17/h3-12H,13-15H2,1-2H3/b23-12-. The van der Waals surface area contributed by atoms with Crippen molar-refractivity contribution in [1.29, 1.82) is 0 Å². The van der Waals surface area contributed by atoms with Crippen molar-refractivity contribution in [3.05, 3.63) is 82.9 Å². The molecule has 3 heterocycles. The van der Waals surface area contributed by atoms with Gasteiger partial charge in [0.15, 0.2) is 5.76 Å². The first kappa shape index (κ1) is 20.1. The van der Waals surface area contributed by atoms with Gasteiger partial charge in [0, 0.05) is 24.8 Å². The first-order valence-electron chi connectivity index (χ1n) is 10.2. The van der Waals surface area contributed by atoms with E-state index in [-0.39, 0.29) is 11.5 Å². The van der Waals surface area contributed by atoms with E-state index in [0.717, 1.165) is 17.0 Å². The molecule has 0 saturated heterocycles. The molecule has 32 heavy (non-hydrogen) atoms. The second-order valence-electron chi connectivity index (χ2n) is 7.55. The number of rotatable bonds is 5. The van der Waals surface area contributed by atoms with Gasteiger partial charge in [0.2, 0.25) is 5.78 Å². The Bertz CT molecular complexity index is 1210. The zero-order valence-corrected chi connectivity index (χ0v) is 17.8. The Kier molecular flexibility index (Phi) is 5.25. The van der Waals surface area contributed by atoms with Crippen molar-refractivity contribution in [2.45, 2.75) is 13.1 Å². The van der Waals surface area contributed by atoms with Crippen molar-refractivity contribution < 1.29 is 23.7 Å². The quantitative estimate of drug-likeness (QED) is 0.565. The smallest absolute Gasteiger partial charge is 0.231 e. The van der Waals surface area contributed by atoms with Crippen molar-refractivity contribution in [1.82, 2.24) is 9.88 Å². The number of ketones is 1. The van der Waals surface area contributed by atoms with Crippen molar-refractivity contribution in [3.63, 3.8) is 0 Å². The third-order valence-corrected chi connectivity index (χ3v) is 5.52. The normalized spacial score (nSPS) is 16.2. The highest BCUT2D eigenvalue weighted by Gasteiger charge is 2.33. The highest BCUT2D eigenvalue weighted by Crippen LogP contribution is 2.42. The van der Waals surface area contributed by atoms with Crippen molar-refractivity contribution in [2.24, 2.45) is 0 Å². The van der Waals surface area contributed by atoms with Crippen LogP contribution in [0.5, 0.6) is 23.0 Å². The Balaban J connectivity index is 1.45. The second-order valence-corrected chi connectivity index (χ2v) is 7.55. The Morgan fingerprint density at radius 1 is 1.12 bits per heavy atom. The van der Waals surface area contributed by atoms with Crippen molar-refractivity contribution >= 4 is 11.9 Å². The van der Waals surface area contributed by atoms with Gasteiger partial charge in [-0.3, -0.25) is 14.7 Å². The fraction of sp³-hybridized carbons (Fsp3) is 0.200. The van der Waals surface area contributed by atoms with Gasteiger partial charge in [-0.15, -0.1) is 0 Å². The number of methoxy groups -OCH3 is 2. The maximum absolute atomic E-state index is 13.1. The number of fused-ring (bicyclic) bond motifs is 3. The van der Waals surface area contributed by atoms with Gasteiger partial charge in [-0.05, 0) is 48.5 Å². The van der Waals surface area contributed by atoms with Crippen LogP contribution in [0.1, 0.15) is 27.2 Å². The molecule has 0 saturated carbocycles. The van der Waals surface area contributed by atoms with Crippen LogP contribution in [-0.4, -0.2) is 36.6 Å². The predicted molar refractivity (Wildman–Crippen MR) is 118 cm³/mol. The topological polar surface area (TPSA) is 70.1 Å². The van der Waals surface area contributed by atoms with E-state index in [4.69, 9.17) is 18.9 Å². The molecule has 5 rings (SSSR count). The van der Waals surface area contributed by atoms with E-state index < -0.39 is 0 Å². The molecule has 0 radical (unpaired) electrons. The lowest BCUT2D eigenvalue weighted by atomic mass is 10.0. The number of pyridine rings is 1. The molecule has 0 amide bonds. The third-order valence-electron chi connectivity index (χ3n) is 5.52. The summed E-state index contributed by atoms with van der Waals surface area (Å²) in [5.41, 5.74) is 3.04. The van der Waals surface area contributed by atoms with Crippen LogP contribution in [0.4, 0.5) is 0 Å². The molecule has 0 atom stereocenters. The number of hydrogen-bond donors (Lipinski definition) is 0. The number of allylic oxidation sites excluding steroid dienone is 1. The fourth-order valence-electron chi connectivity index (χ4n) is 3.92. The van der Waals surface area contributed by atoms with Crippen molar-refractivity contribution in [3.8, 4) is 23.0 Å². The molecule has 3 aromatic rings. The molecule has 2 aliphatic heterocycles. The van der Waals surface area contributed by atoms with Gasteiger partial charge in [0.05, 0.1) is 31.0 Å². The predicted octanol–water partition coefficient (Wildman–Crippen LogP) is 4.07. The SMILES string of the molecule is COc1ccc(OC)c(/C=C2\Oc3c(ccc4c3CN(Cc3ccccn3)CO4)C2=O)c1. The van der Waals surface area contributed by atoms with E-state index in [1.807, 2.05) is 24.3 Å². The minimum absolute atomic E-state index is 0.172. The van der Waals surface area contributed by atoms with Gasteiger partial charge in [0.25, 0.3) is 0 Å². The molecule has 0 bridgehead atoms. The molecule has 2 aliphatic rings. The van der Waals surface area contributed by atoms with Gasteiger partial charge < -0.3 is 18.9 Å². The van der Waals surface area contributed by atoms with Crippen LogP contribution >= 0.6 is 0 Å². The number of aromatic nitrogens is 1. The van der Waals surface area contributed by atoms with Gasteiger partial charge >= 0.3 is 0 Å². The molecular formula is C25H22N2O5. The Labute approximate surface area is 185 Å². The van der Waals surface area contributed by atoms with Crippen LogP contribution < -0.4 is 18.9 Å². The summed E-state index contributed by atoms with van der Waals surface area (Å²) in [6, 6.07) is 14.8. The Morgan fingerprint density at radius 2 is 2.03 bits per heavy atom. The number of benzene rings is 2. The molecule has 0 aliphatic carbocycles. The van der Waals surface area contributed by atoms with E-state index in [9.17, 15) is 4.79 Å². The molecule has 1 aromatic heterocycles. The molecule has 162 valence electrons. The van der Waals surface area contributed by atoms with Crippen LogP contribution in [0.25, 0.3) is 6.08 Å². The lowest BCUT2D eigenvalue weighted by Gasteiger charge is -2.29. The summed E-state index contributed by atoms with van der Waals surface area (Å²) >= 11 is 0. The second kappa shape index (κ2) is 8.36. The molecule has 7 nitrogen and oxygen atoms in total. The molecule has 7 heteroatoms. The van der Waals surface area contributed by atoms with Gasteiger partial charge in [-0.25, -0.2) is 0 Å². The number of hydrogen-bond acceptors (Lipinski definition) is 7. The molecule has 0 N–H and O–H groups in total. The summed E-state index contributed by atoms with van der Waals surface area (Å²) in [7, 11) is 3.18. The molecule has 0 fully saturated rings. The summed E-state index contributed by atoms with van der Waals surface area (Å²) < 4.78 is 22.8. The maximum Gasteiger partial charge on any atom is 0.231 e. The monoisotopic (exact) mass is 430 g/mol. The summed E-state index contributed by atoms with van der Waals surface area (Å²) in [6.45, 7) is 1.68. The van der Waals surface area contributed by atoms with E-state index in [0.29, 0.717) is 48.2 Å². The summed E-state index contributed by atoms with van der Waals surface area (Å²) in [6.07, 6.45) is 3.46. The van der Waals surface area contributed by atoms with E-state index in [1.54, 1.807) is 50.8 Å². The van der Waals surface area contributed by atoms with Crippen molar-refractivity contribution in [2.75, 3.05) is 21.0 Å². The zero-order valence-electron chi connectivity index (χ0n) is 17.8. The number of ether oxygens (including phenoxy) is 4. The summed E-state index contributed by atoms with van der Waals surface area (Å²) in [4.78, 5) is 19.6. The average molecular weight is 430 g/mol. The minimum atomic E-state index is -0.172. The number of carbonyl (C=O) groups excluding carboxylic acids is 1. The van der Waals surface area contributed by atoms with E-state index in [2.05, 4.69) is 9.88 Å². The number of carbonyl (C=O) groups is 1. The van der Waals surface area contributed by atoms with Crippen LogP contribution in [0.3, 0.4) is 0 Å². The highest BCUT2D eigenvalue weighted by molar-refractivity contribution is 6.15. The highest BCUT2D eigenvalue weighted by atomic mass is 16.5. The zero-order chi connectivity index (χ0) is 22.1. The maximum atomic E-state index is 13.1. The number of Topliss-reactive ketones (excluding diaryl/α,β-unsaturated/α-hetero) is 1. The van der Waals surface area contributed by atoms with Crippen LogP contribution in [0.2, 0.25) is 0 Å². The van der Waals surface area contributed by atoms with Gasteiger partial charge in [-0.2, -0.15) is 0 Å².